The fourth-order valence-electron chi connectivity index (χ4n) is 3.08. The second kappa shape index (κ2) is 7.48. The van der Waals surface area contributed by atoms with Gasteiger partial charge in [-0.25, -0.2) is 4.39 Å². The van der Waals surface area contributed by atoms with Crippen LogP contribution >= 0.6 is 11.6 Å². The average Bonchev–Trinajstić information content (AvgIpc) is 3.13. The first-order valence-electron chi connectivity index (χ1n) is 8.75. The van der Waals surface area contributed by atoms with Gasteiger partial charge in [0.15, 0.2) is 5.76 Å². The predicted molar refractivity (Wildman–Crippen MR) is 105 cm³/mol. The van der Waals surface area contributed by atoms with E-state index in [2.05, 4.69) is 5.32 Å². The van der Waals surface area contributed by atoms with Crippen molar-refractivity contribution in [3.8, 4) is 0 Å². The van der Waals surface area contributed by atoms with E-state index in [0.29, 0.717) is 29.7 Å². The lowest BCUT2D eigenvalue weighted by Crippen LogP contribution is -2.33. The molecule has 1 aliphatic heterocycles. The number of carbonyl (C=O) groups excluding carboxylic acids is 2. The van der Waals surface area contributed by atoms with Crippen molar-refractivity contribution >= 4 is 40.1 Å². The van der Waals surface area contributed by atoms with Gasteiger partial charge in [0, 0.05) is 29.2 Å². The van der Waals surface area contributed by atoms with Gasteiger partial charge in [-0.05, 0) is 48.9 Å². The average molecular weight is 399 g/mol. The minimum atomic E-state index is -0.658. The first-order chi connectivity index (χ1) is 13.5. The molecule has 2 amide bonds. The van der Waals surface area contributed by atoms with E-state index in [1.165, 1.54) is 12.1 Å². The summed E-state index contributed by atoms with van der Waals surface area (Å²) in [4.78, 5) is 26.6. The van der Waals surface area contributed by atoms with Crippen LogP contribution in [-0.4, -0.2) is 29.8 Å². The number of amides is 2. The minimum absolute atomic E-state index is 0.145. The second-order valence-electron chi connectivity index (χ2n) is 6.45. The Labute approximate surface area is 165 Å². The topological polar surface area (TPSA) is 62.6 Å². The molecule has 142 valence electrons. The van der Waals surface area contributed by atoms with Crippen molar-refractivity contribution in [3.63, 3.8) is 0 Å². The van der Waals surface area contributed by atoms with Crippen molar-refractivity contribution in [1.82, 2.24) is 4.90 Å². The number of fused-ring (bicyclic) bond motifs is 1. The number of nitrogens with one attached hydrogen (secondary N) is 1. The summed E-state index contributed by atoms with van der Waals surface area (Å²) in [7, 11) is 0. The van der Waals surface area contributed by atoms with E-state index in [0.717, 1.165) is 12.5 Å². The van der Waals surface area contributed by atoms with Gasteiger partial charge in [0.25, 0.3) is 11.8 Å². The van der Waals surface area contributed by atoms with Crippen LogP contribution in [0.5, 0.6) is 0 Å². The first-order valence-corrected chi connectivity index (χ1v) is 9.13. The van der Waals surface area contributed by atoms with E-state index in [4.69, 9.17) is 16.0 Å². The maximum atomic E-state index is 13.9. The first kappa shape index (κ1) is 18.3. The Morgan fingerprint density at radius 2 is 1.96 bits per heavy atom. The molecule has 0 saturated carbocycles. The maximum absolute atomic E-state index is 13.9. The number of nitrogens with zero attached hydrogens (tertiary/aromatic N) is 1. The molecule has 28 heavy (non-hydrogen) atoms. The third-order valence-electron chi connectivity index (χ3n) is 4.50. The molecule has 1 aliphatic rings. The van der Waals surface area contributed by atoms with Crippen LogP contribution in [0.15, 0.2) is 59.0 Å². The zero-order valence-corrected chi connectivity index (χ0v) is 15.5. The summed E-state index contributed by atoms with van der Waals surface area (Å²) in [6.07, 6.45) is 4.81. The summed E-state index contributed by atoms with van der Waals surface area (Å²) >= 11 is 5.84. The molecule has 2 heterocycles. The molecule has 2 aromatic carbocycles. The second-order valence-corrected chi connectivity index (χ2v) is 6.89. The summed E-state index contributed by atoms with van der Waals surface area (Å²) in [5.41, 5.74) is 0.842. The van der Waals surface area contributed by atoms with Crippen molar-refractivity contribution in [2.75, 3.05) is 18.4 Å². The number of rotatable bonds is 3. The predicted octanol–water partition coefficient (Wildman–Crippen LogP) is 4.88. The third-order valence-corrected chi connectivity index (χ3v) is 4.74. The van der Waals surface area contributed by atoms with Gasteiger partial charge in [-0.3, -0.25) is 9.59 Å². The van der Waals surface area contributed by atoms with Gasteiger partial charge in [-0.15, -0.1) is 0 Å². The van der Waals surface area contributed by atoms with E-state index in [9.17, 15) is 14.0 Å². The normalized spacial score (nSPS) is 13.7. The van der Waals surface area contributed by atoms with Crippen molar-refractivity contribution in [3.05, 3.63) is 76.8 Å². The molecule has 0 radical (unpaired) electrons. The summed E-state index contributed by atoms with van der Waals surface area (Å²) in [5.74, 6) is -1.20. The highest BCUT2D eigenvalue weighted by Crippen LogP contribution is 2.25. The van der Waals surface area contributed by atoms with E-state index in [1.807, 2.05) is 12.2 Å². The highest BCUT2D eigenvalue weighted by Gasteiger charge is 2.20. The standard InChI is InChI=1S/C21H16ClFN2O3/c22-14-4-6-17(23)16(12-14)20(26)24-15-5-7-18-13(10-15)11-19(28-18)21(27)25-8-2-1-3-9-25/h1-2,4-7,10-12H,3,8-9H2,(H,24,26). The minimum Gasteiger partial charge on any atom is -0.451 e. The molecule has 4 rings (SSSR count). The number of anilines is 1. The zero-order valence-electron chi connectivity index (χ0n) is 14.7. The van der Waals surface area contributed by atoms with Crippen LogP contribution < -0.4 is 5.32 Å². The molecule has 0 fully saturated rings. The summed E-state index contributed by atoms with van der Waals surface area (Å²) < 4.78 is 19.5. The van der Waals surface area contributed by atoms with Crippen molar-refractivity contribution < 1.29 is 18.4 Å². The van der Waals surface area contributed by atoms with E-state index >= 15 is 0 Å². The fraction of sp³-hybridized carbons (Fsp3) is 0.143. The lowest BCUT2D eigenvalue weighted by Gasteiger charge is -2.21. The van der Waals surface area contributed by atoms with Crippen LogP contribution in [0.3, 0.4) is 0 Å². The molecular weight excluding hydrogens is 383 g/mol. The van der Waals surface area contributed by atoms with Gasteiger partial charge < -0.3 is 14.6 Å². The Balaban J connectivity index is 1.56. The van der Waals surface area contributed by atoms with Crippen LogP contribution in [0, 0.1) is 5.82 Å². The van der Waals surface area contributed by atoms with E-state index in [-0.39, 0.29) is 22.3 Å². The van der Waals surface area contributed by atoms with Gasteiger partial charge in [0.2, 0.25) is 0 Å². The SMILES string of the molecule is O=C(Nc1ccc2oc(C(=O)N3CC=CCC3)cc2c1)c1cc(Cl)ccc1F. The summed E-state index contributed by atoms with van der Waals surface area (Å²) in [6, 6.07) is 10.4. The Morgan fingerprint density at radius 1 is 1.11 bits per heavy atom. The van der Waals surface area contributed by atoms with Crippen LogP contribution in [0.1, 0.15) is 27.3 Å². The molecule has 0 bridgehead atoms. The number of halogens is 2. The van der Waals surface area contributed by atoms with E-state index in [1.54, 1.807) is 29.2 Å². The van der Waals surface area contributed by atoms with Gasteiger partial charge in [0.1, 0.15) is 11.4 Å². The lowest BCUT2D eigenvalue weighted by molar-refractivity contribution is 0.0741. The van der Waals surface area contributed by atoms with Gasteiger partial charge in [-0.1, -0.05) is 23.8 Å². The van der Waals surface area contributed by atoms with Crippen molar-refractivity contribution in [2.24, 2.45) is 0 Å². The molecule has 5 nitrogen and oxygen atoms in total. The number of furan rings is 1. The van der Waals surface area contributed by atoms with Crippen molar-refractivity contribution in [1.29, 1.82) is 0 Å². The number of carbonyl (C=O) groups is 2. The molecule has 0 atom stereocenters. The van der Waals surface area contributed by atoms with Gasteiger partial charge in [-0.2, -0.15) is 0 Å². The fourth-order valence-corrected chi connectivity index (χ4v) is 3.25. The van der Waals surface area contributed by atoms with Gasteiger partial charge >= 0.3 is 0 Å². The molecule has 0 saturated heterocycles. The summed E-state index contributed by atoms with van der Waals surface area (Å²) in [5, 5.41) is 3.57. The Kier molecular flexibility index (Phi) is 4.88. The molecule has 1 aromatic heterocycles. The zero-order chi connectivity index (χ0) is 19.7. The molecule has 0 aliphatic carbocycles. The molecule has 1 N–H and O–H groups in total. The molecule has 0 unspecified atom stereocenters. The van der Waals surface area contributed by atoms with Crippen LogP contribution in [0.25, 0.3) is 11.0 Å². The Morgan fingerprint density at radius 3 is 2.75 bits per heavy atom. The summed E-state index contributed by atoms with van der Waals surface area (Å²) in [6.45, 7) is 1.21. The van der Waals surface area contributed by atoms with Crippen LogP contribution in [-0.2, 0) is 0 Å². The van der Waals surface area contributed by atoms with Gasteiger partial charge in [0.05, 0.1) is 5.56 Å². The number of benzene rings is 2. The van der Waals surface area contributed by atoms with Crippen LogP contribution in [0.2, 0.25) is 5.02 Å². The third kappa shape index (κ3) is 3.64. The highest BCUT2D eigenvalue weighted by atomic mass is 35.5. The molecule has 3 aromatic rings. The molecule has 7 heteroatoms. The number of hydrogen-bond donors (Lipinski definition) is 1. The Bertz CT molecular complexity index is 1110. The van der Waals surface area contributed by atoms with Crippen LogP contribution in [0.4, 0.5) is 10.1 Å². The van der Waals surface area contributed by atoms with E-state index < -0.39 is 11.7 Å². The lowest BCUT2D eigenvalue weighted by atomic mass is 10.1. The maximum Gasteiger partial charge on any atom is 0.289 e. The van der Waals surface area contributed by atoms with Crippen molar-refractivity contribution in [2.45, 2.75) is 6.42 Å². The molecular formula is C21H16ClFN2O3. The quantitative estimate of drug-likeness (QED) is 0.639. The Hall–Kier alpha value is -3.12. The molecule has 0 spiro atoms. The number of hydrogen-bond acceptors (Lipinski definition) is 3. The monoisotopic (exact) mass is 398 g/mol. The smallest absolute Gasteiger partial charge is 0.289 e. The largest absolute Gasteiger partial charge is 0.451 e. The highest BCUT2D eigenvalue weighted by molar-refractivity contribution is 6.31.